The third-order valence-electron chi connectivity index (χ3n) is 4.08. The van der Waals surface area contributed by atoms with Gasteiger partial charge in [0.1, 0.15) is 6.07 Å². The Bertz CT molecular complexity index is 1130. The Morgan fingerprint density at radius 2 is 2.15 bits per heavy atom. The van der Waals surface area contributed by atoms with Gasteiger partial charge in [-0.05, 0) is 37.3 Å². The van der Waals surface area contributed by atoms with Crippen LogP contribution in [0.15, 0.2) is 41.3 Å². The first-order chi connectivity index (χ1) is 12.9. The number of benzene rings is 1. The molecule has 0 saturated heterocycles. The maximum atomic E-state index is 13.9. The van der Waals surface area contributed by atoms with E-state index in [4.69, 9.17) is 5.26 Å². The second kappa shape index (κ2) is 7.33. The molecule has 27 heavy (non-hydrogen) atoms. The Morgan fingerprint density at radius 3 is 2.81 bits per heavy atom. The van der Waals surface area contributed by atoms with E-state index in [9.17, 15) is 18.4 Å². The standard InChI is InChI=1S/C19H14F2N4O2.2H2/c1-10(15-4-2-11(8-22)9-23-15)24-17(26)7-12-6-13-16(25-19(12)27)5-3-14(20)18(13)21;;/h2-6,9-10H,7H2,1H3,(H,24,26)(H,25,27);2*1H/t10-;;/m0../s1. The van der Waals surface area contributed by atoms with Crippen molar-refractivity contribution in [2.75, 3.05) is 0 Å². The van der Waals surface area contributed by atoms with E-state index < -0.39 is 29.1 Å². The lowest BCUT2D eigenvalue weighted by Crippen LogP contribution is -2.30. The minimum Gasteiger partial charge on any atom is -0.348 e. The van der Waals surface area contributed by atoms with Gasteiger partial charge in [-0.2, -0.15) is 5.26 Å². The number of hydrogen-bond acceptors (Lipinski definition) is 4. The summed E-state index contributed by atoms with van der Waals surface area (Å²) in [6.07, 6.45) is 1.09. The highest BCUT2D eigenvalue weighted by molar-refractivity contribution is 5.83. The molecule has 0 aliphatic rings. The van der Waals surface area contributed by atoms with Crippen LogP contribution in [0.25, 0.3) is 10.9 Å². The largest absolute Gasteiger partial charge is 0.348 e. The summed E-state index contributed by atoms with van der Waals surface area (Å²) < 4.78 is 27.3. The van der Waals surface area contributed by atoms with Gasteiger partial charge in [0, 0.05) is 20.0 Å². The van der Waals surface area contributed by atoms with Crippen LogP contribution < -0.4 is 10.9 Å². The van der Waals surface area contributed by atoms with Crippen molar-refractivity contribution in [3.8, 4) is 6.07 Å². The molecule has 8 heteroatoms. The number of aromatic nitrogens is 2. The van der Waals surface area contributed by atoms with Crippen molar-refractivity contribution in [1.82, 2.24) is 15.3 Å². The van der Waals surface area contributed by atoms with Gasteiger partial charge < -0.3 is 10.3 Å². The smallest absolute Gasteiger partial charge is 0.252 e. The molecule has 2 N–H and O–H groups in total. The number of carbonyl (C=O) groups is 1. The molecule has 6 nitrogen and oxygen atoms in total. The monoisotopic (exact) mass is 372 g/mol. The average Bonchev–Trinajstić information content (AvgIpc) is 2.66. The molecule has 0 saturated carbocycles. The molecule has 0 aliphatic heterocycles. The number of nitriles is 1. The van der Waals surface area contributed by atoms with Crippen LogP contribution in [-0.4, -0.2) is 15.9 Å². The lowest BCUT2D eigenvalue weighted by Gasteiger charge is -2.13. The molecule has 0 aliphatic carbocycles. The third kappa shape index (κ3) is 3.82. The van der Waals surface area contributed by atoms with Crippen molar-refractivity contribution in [2.45, 2.75) is 19.4 Å². The molecular weight excluding hydrogens is 354 g/mol. The molecule has 3 rings (SSSR count). The van der Waals surface area contributed by atoms with Crippen LogP contribution in [0.5, 0.6) is 0 Å². The molecule has 1 aromatic carbocycles. The number of hydrogen-bond donors (Lipinski definition) is 2. The SMILES string of the molecule is C[C@H](NC(=O)Cc1cc2c(F)c(F)ccc2[nH]c1=O)c1ccc(C#N)cn1.[HH].[HH]. The zero-order valence-electron chi connectivity index (χ0n) is 14.2. The zero-order chi connectivity index (χ0) is 19.6. The summed E-state index contributed by atoms with van der Waals surface area (Å²) in [5.41, 5.74) is 0.563. The Balaban J connectivity index is 0.00000210. The quantitative estimate of drug-likeness (QED) is 0.735. The van der Waals surface area contributed by atoms with E-state index in [0.717, 1.165) is 6.07 Å². The predicted molar refractivity (Wildman–Crippen MR) is 97.9 cm³/mol. The number of rotatable bonds is 4. The van der Waals surface area contributed by atoms with Crippen LogP contribution in [0.2, 0.25) is 0 Å². The second-order valence-electron chi connectivity index (χ2n) is 6.00. The van der Waals surface area contributed by atoms with Gasteiger partial charge in [0.2, 0.25) is 5.91 Å². The lowest BCUT2D eigenvalue weighted by molar-refractivity contribution is -0.121. The average molecular weight is 372 g/mol. The van der Waals surface area contributed by atoms with Gasteiger partial charge in [-0.1, -0.05) is 0 Å². The fraction of sp³-hybridized carbons (Fsp3) is 0.158. The van der Waals surface area contributed by atoms with Crippen LogP contribution >= 0.6 is 0 Å². The van der Waals surface area contributed by atoms with Crippen molar-refractivity contribution in [3.63, 3.8) is 0 Å². The number of nitrogens with zero attached hydrogens (tertiary/aromatic N) is 2. The van der Waals surface area contributed by atoms with Crippen molar-refractivity contribution >= 4 is 16.8 Å². The van der Waals surface area contributed by atoms with Crippen LogP contribution in [-0.2, 0) is 11.2 Å². The zero-order valence-corrected chi connectivity index (χ0v) is 14.2. The Morgan fingerprint density at radius 1 is 1.37 bits per heavy atom. The maximum absolute atomic E-state index is 13.9. The summed E-state index contributed by atoms with van der Waals surface area (Å²) in [6, 6.07) is 8.05. The van der Waals surface area contributed by atoms with E-state index in [1.165, 1.54) is 18.3 Å². The number of pyridine rings is 2. The highest BCUT2D eigenvalue weighted by atomic mass is 19.2. The fourth-order valence-electron chi connectivity index (χ4n) is 2.66. The molecule has 0 radical (unpaired) electrons. The summed E-state index contributed by atoms with van der Waals surface area (Å²) in [5.74, 6) is -2.60. The van der Waals surface area contributed by atoms with E-state index in [2.05, 4.69) is 15.3 Å². The predicted octanol–water partition coefficient (Wildman–Crippen LogP) is 2.98. The summed E-state index contributed by atoms with van der Waals surface area (Å²) >= 11 is 0. The van der Waals surface area contributed by atoms with Crippen molar-refractivity contribution in [1.29, 1.82) is 5.26 Å². The fourth-order valence-corrected chi connectivity index (χ4v) is 2.66. The molecule has 2 heterocycles. The highest BCUT2D eigenvalue weighted by Crippen LogP contribution is 2.18. The number of aromatic amines is 1. The van der Waals surface area contributed by atoms with Gasteiger partial charge in [0.15, 0.2) is 11.6 Å². The number of H-pyrrole nitrogens is 1. The van der Waals surface area contributed by atoms with Crippen molar-refractivity contribution < 1.29 is 16.4 Å². The summed E-state index contributed by atoms with van der Waals surface area (Å²) in [4.78, 5) is 30.9. The van der Waals surface area contributed by atoms with E-state index >= 15 is 0 Å². The molecule has 0 fully saturated rings. The number of fused-ring (bicyclic) bond motifs is 1. The van der Waals surface area contributed by atoms with E-state index in [1.807, 2.05) is 6.07 Å². The first-order valence-corrected chi connectivity index (χ1v) is 8.04. The Kier molecular flexibility index (Phi) is 4.94. The van der Waals surface area contributed by atoms with Gasteiger partial charge in [0.05, 0.1) is 29.2 Å². The van der Waals surface area contributed by atoms with Crippen LogP contribution in [0, 0.1) is 23.0 Å². The second-order valence-corrected chi connectivity index (χ2v) is 6.00. The van der Waals surface area contributed by atoms with Crippen molar-refractivity contribution in [3.05, 3.63) is 75.3 Å². The highest BCUT2D eigenvalue weighted by Gasteiger charge is 2.15. The minimum absolute atomic E-state index is 0. The Labute approximate surface area is 155 Å². The summed E-state index contributed by atoms with van der Waals surface area (Å²) in [5, 5.41) is 11.4. The molecular formula is C19H18F2N4O2. The molecule has 3 aromatic rings. The maximum Gasteiger partial charge on any atom is 0.252 e. The van der Waals surface area contributed by atoms with Gasteiger partial charge in [0.25, 0.3) is 5.56 Å². The first-order valence-electron chi connectivity index (χ1n) is 8.04. The molecule has 140 valence electrons. The molecule has 1 atom stereocenters. The topological polar surface area (TPSA) is 98.6 Å². The molecule has 0 spiro atoms. The third-order valence-corrected chi connectivity index (χ3v) is 4.08. The van der Waals surface area contributed by atoms with Crippen molar-refractivity contribution in [2.24, 2.45) is 0 Å². The lowest BCUT2D eigenvalue weighted by atomic mass is 10.1. The van der Waals surface area contributed by atoms with Gasteiger partial charge in [-0.15, -0.1) is 0 Å². The molecule has 0 bridgehead atoms. The molecule has 2 aromatic heterocycles. The molecule has 1 amide bonds. The normalized spacial score (nSPS) is 11.8. The van der Waals surface area contributed by atoms with E-state index in [1.54, 1.807) is 19.1 Å². The van der Waals surface area contributed by atoms with E-state index in [0.29, 0.717) is 11.3 Å². The van der Waals surface area contributed by atoms with Crippen LogP contribution in [0.1, 0.15) is 32.6 Å². The number of nitrogens with one attached hydrogen (secondary N) is 2. The van der Waals surface area contributed by atoms with Gasteiger partial charge >= 0.3 is 0 Å². The van der Waals surface area contributed by atoms with Gasteiger partial charge in [-0.3, -0.25) is 14.6 Å². The van der Waals surface area contributed by atoms with Gasteiger partial charge in [-0.25, -0.2) is 8.78 Å². The minimum atomic E-state index is -1.08. The summed E-state index contributed by atoms with van der Waals surface area (Å²) in [7, 11) is 0. The van der Waals surface area contributed by atoms with Crippen LogP contribution in [0.3, 0.4) is 0 Å². The Hall–Kier alpha value is -3.60. The van der Waals surface area contributed by atoms with Crippen LogP contribution in [0.4, 0.5) is 8.78 Å². The number of carbonyl (C=O) groups excluding carboxylic acids is 1. The van der Waals surface area contributed by atoms with E-state index in [-0.39, 0.29) is 25.7 Å². The molecule has 0 unspecified atom stereocenters. The summed E-state index contributed by atoms with van der Waals surface area (Å²) in [6.45, 7) is 1.70. The first kappa shape index (κ1) is 18.2. The number of amides is 1. The number of halogens is 2.